The molecular weight excluding hydrogens is 570 g/mol. The van der Waals surface area contributed by atoms with E-state index in [9.17, 15) is 9.59 Å². The summed E-state index contributed by atoms with van der Waals surface area (Å²) in [5, 5.41) is 0. The molecule has 8 nitrogen and oxygen atoms in total. The van der Waals surface area contributed by atoms with Gasteiger partial charge in [0.25, 0.3) is 5.56 Å². The third-order valence-corrected chi connectivity index (χ3v) is 7.65. The molecule has 10 heteroatoms. The lowest BCUT2D eigenvalue weighted by Gasteiger charge is -2.25. The third kappa shape index (κ3) is 5.28. The first-order chi connectivity index (χ1) is 18.2. The van der Waals surface area contributed by atoms with E-state index in [2.05, 4.69) is 20.9 Å². The van der Waals surface area contributed by atoms with E-state index in [1.807, 2.05) is 62.3 Å². The molecular formula is C28H30BrN3O5S. The molecule has 0 N–H and O–H groups in total. The Kier molecular flexibility index (Phi) is 8.42. The van der Waals surface area contributed by atoms with Crippen molar-refractivity contribution < 1.29 is 19.0 Å². The lowest BCUT2D eigenvalue weighted by atomic mass is 9.95. The number of hydrogen-bond acceptors (Lipinski definition) is 8. The summed E-state index contributed by atoms with van der Waals surface area (Å²) < 4.78 is 19.4. The average molecular weight is 601 g/mol. The van der Waals surface area contributed by atoms with Crippen molar-refractivity contribution in [2.75, 3.05) is 39.3 Å². The van der Waals surface area contributed by atoms with E-state index in [0.29, 0.717) is 38.7 Å². The van der Waals surface area contributed by atoms with Crippen LogP contribution in [0.4, 0.5) is 5.69 Å². The summed E-state index contributed by atoms with van der Waals surface area (Å²) in [7, 11) is 5.49. The van der Waals surface area contributed by atoms with Gasteiger partial charge in [-0.15, -0.1) is 0 Å². The van der Waals surface area contributed by atoms with Crippen LogP contribution >= 0.6 is 27.3 Å². The Balaban J connectivity index is 1.91. The molecule has 4 rings (SSSR count). The Hall–Kier alpha value is -3.37. The van der Waals surface area contributed by atoms with Crippen LogP contribution in [-0.2, 0) is 9.53 Å². The lowest BCUT2D eigenvalue weighted by molar-refractivity contribution is -0.139. The predicted molar refractivity (Wildman–Crippen MR) is 153 cm³/mol. The zero-order valence-corrected chi connectivity index (χ0v) is 24.6. The van der Waals surface area contributed by atoms with Crippen LogP contribution < -0.4 is 29.3 Å². The number of ether oxygens (including phenoxy) is 3. The first-order valence-electron chi connectivity index (χ1n) is 12.2. The number of esters is 1. The number of benzene rings is 2. The van der Waals surface area contributed by atoms with Crippen molar-refractivity contribution >= 4 is 45.0 Å². The Morgan fingerprint density at radius 2 is 1.89 bits per heavy atom. The van der Waals surface area contributed by atoms with Gasteiger partial charge in [0.05, 0.1) is 46.6 Å². The fraction of sp³-hybridized carbons (Fsp3) is 0.321. The maximum atomic E-state index is 13.8. The van der Waals surface area contributed by atoms with Gasteiger partial charge in [0.15, 0.2) is 16.3 Å². The highest BCUT2D eigenvalue weighted by molar-refractivity contribution is 9.10. The highest BCUT2D eigenvalue weighted by Gasteiger charge is 2.33. The lowest BCUT2D eigenvalue weighted by Crippen LogP contribution is -2.39. The van der Waals surface area contributed by atoms with Gasteiger partial charge in [0.2, 0.25) is 0 Å². The standard InChI is InChI=1S/C28H30BrN3O5S/c1-7-36-25-20(29)13-17(14-21(25)35-6)15-22-26(33)32-24(18-9-11-19(12-10-18)31(4)5)23(27(34)37-8-2)16(3)30-28(32)38-22/h9-15,24H,7-8H2,1-6H3/b22-15-/t24-/m1/s1. The number of allylic oxidation sites excluding steroid dienone is 1. The van der Waals surface area contributed by atoms with Gasteiger partial charge in [-0.05, 0) is 78.2 Å². The largest absolute Gasteiger partial charge is 0.493 e. The zero-order valence-electron chi connectivity index (χ0n) is 22.2. The molecule has 1 aromatic heterocycles. The zero-order chi connectivity index (χ0) is 27.6. The monoisotopic (exact) mass is 599 g/mol. The van der Waals surface area contributed by atoms with Gasteiger partial charge in [-0.1, -0.05) is 23.5 Å². The molecule has 0 aliphatic carbocycles. The summed E-state index contributed by atoms with van der Waals surface area (Å²) in [5.41, 5.74) is 3.21. The maximum absolute atomic E-state index is 13.8. The fourth-order valence-corrected chi connectivity index (χ4v) is 5.94. The Bertz CT molecular complexity index is 1570. The van der Waals surface area contributed by atoms with E-state index in [4.69, 9.17) is 14.2 Å². The van der Waals surface area contributed by atoms with Crippen molar-refractivity contribution in [2.24, 2.45) is 4.99 Å². The van der Waals surface area contributed by atoms with Crippen LogP contribution in [0.3, 0.4) is 0 Å². The molecule has 1 aliphatic heterocycles. The number of methoxy groups -OCH3 is 1. The molecule has 0 unspecified atom stereocenters. The highest BCUT2D eigenvalue weighted by Crippen LogP contribution is 2.37. The molecule has 0 amide bonds. The molecule has 0 spiro atoms. The van der Waals surface area contributed by atoms with Gasteiger partial charge in [-0.25, -0.2) is 9.79 Å². The van der Waals surface area contributed by atoms with Crippen LogP contribution in [0.25, 0.3) is 6.08 Å². The topological polar surface area (TPSA) is 82.4 Å². The first-order valence-corrected chi connectivity index (χ1v) is 13.8. The number of halogens is 1. The second kappa shape index (κ2) is 11.6. The summed E-state index contributed by atoms with van der Waals surface area (Å²) in [6.45, 7) is 6.15. The van der Waals surface area contributed by atoms with E-state index < -0.39 is 12.0 Å². The number of nitrogens with zero attached hydrogens (tertiary/aromatic N) is 3. The Morgan fingerprint density at radius 1 is 1.18 bits per heavy atom. The smallest absolute Gasteiger partial charge is 0.338 e. The molecule has 3 aromatic rings. The minimum Gasteiger partial charge on any atom is -0.493 e. The number of aromatic nitrogens is 1. The van der Waals surface area contributed by atoms with Gasteiger partial charge >= 0.3 is 5.97 Å². The van der Waals surface area contributed by atoms with E-state index in [0.717, 1.165) is 21.3 Å². The van der Waals surface area contributed by atoms with Gasteiger partial charge < -0.3 is 19.1 Å². The summed E-state index contributed by atoms with van der Waals surface area (Å²) in [5.74, 6) is 0.675. The van der Waals surface area contributed by atoms with Crippen LogP contribution in [0.5, 0.6) is 11.5 Å². The predicted octanol–water partition coefficient (Wildman–Crippen LogP) is 4.03. The van der Waals surface area contributed by atoms with Crippen LogP contribution in [-0.4, -0.2) is 45.0 Å². The minimum absolute atomic E-state index is 0.223. The van der Waals surface area contributed by atoms with E-state index in [-0.39, 0.29) is 12.2 Å². The van der Waals surface area contributed by atoms with Crippen molar-refractivity contribution in [1.29, 1.82) is 0 Å². The van der Waals surface area contributed by atoms with Crippen LogP contribution in [0.2, 0.25) is 0 Å². The van der Waals surface area contributed by atoms with Crippen LogP contribution in [0.15, 0.2) is 61.9 Å². The Labute approximate surface area is 233 Å². The highest BCUT2D eigenvalue weighted by atomic mass is 79.9. The molecule has 38 heavy (non-hydrogen) atoms. The SMILES string of the molecule is CCOC(=O)C1=C(C)N=c2s/c(=C\c3cc(Br)c(OCC)c(OC)c3)c(=O)n2[C@@H]1c1ccc(N(C)C)cc1. The summed E-state index contributed by atoms with van der Waals surface area (Å²) >= 11 is 4.82. The molecule has 2 aromatic carbocycles. The number of rotatable bonds is 8. The van der Waals surface area contributed by atoms with Crippen molar-refractivity contribution in [3.8, 4) is 11.5 Å². The number of thiazole rings is 1. The molecule has 2 heterocycles. The molecule has 1 atom stereocenters. The molecule has 0 bridgehead atoms. The second-order valence-corrected chi connectivity index (χ2v) is 10.6. The van der Waals surface area contributed by atoms with Crippen molar-refractivity contribution in [1.82, 2.24) is 4.57 Å². The Morgan fingerprint density at radius 3 is 2.50 bits per heavy atom. The molecule has 200 valence electrons. The molecule has 0 saturated heterocycles. The van der Waals surface area contributed by atoms with Crippen molar-refractivity contribution in [3.63, 3.8) is 0 Å². The first kappa shape index (κ1) is 27.7. The fourth-order valence-electron chi connectivity index (χ4n) is 4.32. The molecule has 0 fully saturated rings. The van der Waals surface area contributed by atoms with Crippen molar-refractivity contribution in [2.45, 2.75) is 26.8 Å². The number of carbonyl (C=O) groups is 1. The third-order valence-electron chi connectivity index (χ3n) is 6.08. The van der Waals surface area contributed by atoms with E-state index in [1.54, 1.807) is 31.6 Å². The molecule has 0 radical (unpaired) electrons. The number of anilines is 1. The van der Waals surface area contributed by atoms with Gasteiger partial charge in [0, 0.05) is 19.8 Å². The molecule has 0 saturated carbocycles. The number of hydrogen-bond donors (Lipinski definition) is 0. The normalized spacial score (nSPS) is 15.1. The number of carbonyl (C=O) groups excluding carboxylic acids is 1. The van der Waals surface area contributed by atoms with Gasteiger partial charge in [-0.3, -0.25) is 9.36 Å². The van der Waals surface area contributed by atoms with Crippen LogP contribution in [0, 0.1) is 0 Å². The van der Waals surface area contributed by atoms with Gasteiger partial charge in [-0.2, -0.15) is 0 Å². The minimum atomic E-state index is -0.662. The second-order valence-electron chi connectivity index (χ2n) is 8.76. The number of fused-ring (bicyclic) bond motifs is 1. The summed E-state index contributed by atoms with van der Waals surface area (Å²) in [6, 6.07) is 10.8. The van der Waals surface area contributed by atoms with Crippen LogP contribution in [0.1, 0.15) is 37.9 Å². The van der Waals surface area contributed by atoms with E-state index >= 15 is 0 Å². The quantitative estimate of drug-likeness (QED) is 0.364. The summed E-state index contributed by atoms with van der Waals surface area (Å²) in [6.07, 6.45) is 1.79. The van der Waals surface area contributed by atoms with E-state index in [1.165, 1.54) is 11.3 Å². The molecule has 1 aliphatic rings. The van der Waals surface area contributed by atoms with Gasteiger partial charge in [0.1, 0.15) is 0 Å². The van der Waals surface area contributed by atoms with Crippen molar-refractivity contribution in [3.05, 3.63) is 83.0 Å². The average Bonchev–Trinajstić information content (AvgIpc) is 3.18. The maximum Gasteiger partial charge on any atom is 0.338 e. The summed E-state index contributed by atoms with van der Waals surface area (Å²) in [4.78, 5) is 34.1.